The van der Waals surface area contributed by atoms with E-state index in [1.165, 1.54) is 0 Å². The third-order valence-corrected chi connectivity index (χ3v) is 3.43. The Morgan fingerprint density at radius 3 is 3.00 bits per heavy atom. The lowest BCUT2D eigenvalue weighted by Crippen LogP contribution is -2.16. The first-order chi connectivity index (χ1) is 8.18. The van der Waals surface area contributed by atoms with Crippen molar-refractivity contribution in [2.24, 2.45) is 0 Å². The van der Waals surface area contributed by atoms with Gasteiger partial charge in [0.2, 0.25) is 0 Å². The molecule has 0 radical (unpaired) electrons. The maximum Gasteiger partial charge on any atom is 0.106 e. The summed E-state index contributed by atoms with van der Waals surface area (Å²) in [5, 5.41) is 3.36. The van der Waals surface area contributed by atoms with Crippen LogP contribution in [-0.2, 0) is 0 Å². The van der Waals surface area contributed by atoms with Crippen LogP contribution in [0, 0.1) is 0 Å². The van der Waals surface area contributed by atoms with Gasteiger partial charge in [0.05, 0.1) is 21.6 Å². The van der Waals surface area contributed by atoms with Gasteiger partial charge in [-0.15, -0.1) is 11.3 Å². The fraction of sp³-hybridized carbons (Fsp3) is 0.417. The third-order valence-electron chi connectivity index (χ3n) is 2.64. The van der Waals surface area contributed by atoms with Gasteiger partial charge in [-0.05, 0) is 39.2 Å². The van der Waals surface area contributed by atoms with E-state index >= 15 is 0 Å². The number of nitrogen functional groups attached to an aromatic ring is 1. The van der Waals surface area contributed by atoms with E-state index in [1.54, 1.807) is 11.3 Å². The van der Waals surface area contributed by atoms with Crippen LogP contribution in [0.25, 0.3) is 10.2 Å². The summed E-state index contributed by atoms with van der Waals surface area (Å²) in [5.41, 5.74) is 10.6. The summed E-state index contributed by atoms with van der Waals surface area (Å²) < 4.78 is 1.14. The molecule has 0 amide bonds. The molecule has 92 valence electrons. The zero-order valence-electron chi connectivity index (χ0n) is 10.2. The van der Waals surface area contributed by atoms with Gasteiger partial charge in [0, 0.05) is 6.54 Å². The summed E-state index contributed by atoms with van der Waals surface area (Å²) in [6.45, 7) is 2.00. The number of hydrogen-bond donors (Lipinski definition) is 2. The predicted molar refractivity (Wildman–Crippen MR) is 75.7 cm³/mol. The largest absolute Gasteiger partial charge is 0.395 e. The molecule has 4 nitrogen and oxygen atoms in total. The molecule has 2 aromatic rings. The molecule has 17 heavy (non-hydrogen) atoms. The summed E-state index contributed by atoms with van der Waals surface area (Å²) in [7, 11) is 4.16. The number of fused-ring (bicyclic) bond motifs is 1. The first-order valence-electron chi connectivity index (χ1n) is 5.69. The number of hydrogen-bond acceptors (Lipinski definition) is 5. The van der Waals surface area contributed by atoms with E-state index < -0.39 is 0 Å². The average molecular weight is 250 g/mol. The number of thiazole rings is 1. The number of benzene rings is 1. The van der Waals surface area contributed by atoms with Crippen LogP contribution in [0.4, 0.5) is 11.4 Å². The average Bonchev–Trinajstić information content (AvgIpc) is 2.75. The Morgan fingerprint density at radius 2 is 2.24 bits per heavy atom. The van der Waals surface area contributed by atoms with Crippen LogP contribution in [0.5, 0.6) is 0 Å². The summed E-state index contributed by atoms with van der Waals surface area (Å²) in [4.78, 5) is 6.46. The Hall–Kier alpha value is -1.33. The molecule has 0 unspecified atom stereocenters. The molecule has 1 heterocycles. The van der Waals surface area contributed by atoms with Crippen LogP contribution in [0.1, 0.15) is 6.42 Å². The van der Waals surface area contributed by atoms with E-state index in [2.05, 4.69) is 35.4 Å². The van der Waals surface area contributed by atoms with Crippen molar-refractivity contribution in [2.45, 2.75) is 6.42 Å². The van der Waals surface area contributed by atoms with Crippen molar-refractivity contribution < 1.29 is 0 Å². The summed E-state index contributed by atoms with van der Waals surface area (Å²) in [6, 6.07) is 4.10. The fourth-order valence-electron chi connectivity index (χ4n) is 1.72. The molecule has 0 saturated carbocycles. The van der Waals surface area contributed by atoms with Gasteiger partial charge in [-0.2, -0.15) is 0 Å². The molecular weight excluding hydrogens is 232 g/mol. The fourth-order valence-corrected chi connectivity index (χ4v) is 2.42. The smallest absolute Gasteiger partial charge is 0.106 e. The molecule has 0 saturated heterocycles. The lowest BCUT2D eigenvalue weighted by molar-refractivity contribution is 0.405. The minimum Gasteiger partial charge on any atom is -0.395 e. The molecule has 5 heteroatoms. The van der Waals surface area contributed by atoms with Gasteiger partial charge < -0.3 is 16.0 Å². The van der Waals surface area contributed by atoms with Gasteiger partial charge in [0.25, 0.3) is 0 Å². The van der Waals surface area contributed by atoms with E-state index in [0.29, 0.717) is 0 Å². The van der Waals surface area contributed by atoms with Gasteiger partial charge in [0.1, 0.15) is 5.52 Å². The van der Waals surface area contributed by atoms with Crippen LogP contribution < -0.4 is 11.1 Å². The number of rotatable bonds is 5. The number of nitrogens with zero attached hydrogens (tertiary/aromatic N) is 2. The number of anilines is 2. The molecule has 0 aliphatic heterocycles. The van der Waals surface area contributed by atoms with Gasteiger partial charge >= 0.3 is 0 Å². The molecule has 3 N–H and O–H groups in total. The van der Waals surface area contributed by atoms with Gasteiger partial charge in [0.15, 0.2) is 0 Å². The zero-order chi connectivity index (χ0) is 12.3. The van der Waals surface area contributed by atoms with E-state index in [1.807, 2.05) is 11.6 Å². The third kappa shape index (κ3) is 2.87. The minimum atomic E-state index is 0.758. The molecular formula is C12H18N4S. The molecule has 0 aliphatic carbocycles. The molecule has 0 fully saturated rings. The molecule has 1 aromatic heterocycles. The first-order valence-corrected chi connectivity index (χ1v) is 6.56. The quantitative estimate of drug-likeness (QED) is 0.631. The molecule has 1 aromatic carbocycles. The number of nitrogens with two attached hydrogens (primary N) is 1. The van der Waals surface area contributed by atoms with E-state index in [9.17, 15) is 0 Å². The Balaban J connectivity index is 2.01. The molecule has 0 bridgehead atoms. The monoisotopic (exact) mass is 250 g/mol. The minimum absolute atomic E-state index is 0.758. The van der Waals surface area contributed by atoms with Crippen LogP contribution in [0.2, 0.25) is 0 Å². The summed E-state index contributed by atoms with van der Waals surface area (Å²) in [5.74, 6) is 0. The maximum absolute atomic E-state index is 6.08. The van der Waals surface area contributed by atoms with E-state index in [0.717, 1.165) is 41.1 Å². The number of aromatic nitrogens is 1. The predicted octanol–water partition coefficient (Wildman–Crippen LogP) is 2.24. The molecule has 2 rings (SSSR count). The first kappa shape index (κ1) is 12.1. The standard InChI is InChI=1S/C12H18N4S/c1-16(2)7-3-6-14-9-4-5-10-12(11(9)13)15-8-17-10/h4-5,8,14H,3,6-7,13H2,1-2H3. The SMILES string of the molecule is CN(C)CCCNc1ccc2scnc2c1N. The van der Waals surface area contributed by atoms with Crippen LogP contribution in [0.15, 0.2) is 17.6 Å². The second-order valence-corrected chi connectivity index (χ2v) is 5.20. The van der Waals surface area contributed by atoms with Crippen LogP contribution in [-0.4, -0.2) is 37.1 Å². The lowest BCUT2D eigenvalue weighted by Gasteiger charge is -2.12. The van der Waals surface area contributed by atoms with Crippen molar-refractivity contribution in [2.75, 3.05) is 38.2 Å². The van der Waals surface area contributed by atoms with E-state index in [-0.39, 0.29) is 0 Å². The van der Waals surface area contributed by atoms with Crippen molar-refractivity contribution in [1.29, 1.82) is 0 Å². The highest BCUT2D eigenvalue weighted by atomic mass is 32.1. The van der Waals surface area contributed by atoms with Crippen molar-refractivity contribution >= 4 is 32.9 Å². The molecule has 0 atom stereocenters. The molecule has 0 aliphatic rings. The Morgan fingerprint density at radius 1 is 1.41 bits per heavy atom. The van der Waals surface area contributed by atoms with Crippen molar-refractivity contribution in [3.63, 3.8) is 0 Å². The highest BCUT2D eigenvalue weighted by Gasteiger charge is 2.05. The van der Waals surface area contributed by atoms with Crippen LogP contribution in [0.3, 0.4) is 0 Å². The lowest BCUT2D eigenvalue weighted by atomic mass is 10.2. The topological polar surface area (TPSA) is 54.2 Å². The summed E-state index contributed by atoms with van der Waals surface area (Å²) in [6.07, 6.45) is 1.10. The van der Waals surface area contributed by atoms with Gasteiger partial charge in [-0.1, -0.05) is 0 Å². The highest BCUT2D eigenvalue weighted by molar-refractivity contribution is 7.16. The zero-order valence-corrected chi connectivity index (χ0v) is 11.0. The number of nitrogens with one attached hydrogen (secondary N) is 1. The second-order valence-electron chi connectivity index (χ2n) is 4.31. The normalized spacial score (nSPS) is 11.2. The molecule has 0 spiro atoms. The highest BCUT2D eigenvalue weighted by Crippen LogP contribution is 2.29. The maximum atomic E-state index is 6.08. The van der Waals surface area contributed by atoms with Gasteiger partial charge in [-0.25, -0.2) is 4.98 Å². The van der Waals surface area contributed by atoms with Crippen LogP contribution >= 0.6 is 11.3 Å². The van der Waals surface area contributed by atoms with Crippen molar-refractivity contribution in [1.82, 2.24) is 9.88 Å². The second kappa shape index (κ2) is 5.33. The Labute approximate surface area is 105 Å². The van der Waals surface area contributed by atoms with Crippen molar-refractivity contribution in [3.05, 3.63) is 17.6 Å². The van der Waals surface area contributed by atoms with Crippen molar-refractivity contribution in [3.8, 4) is 0 Å². The van der Waals surface area contributed by atoms with Gasteiger partial charge in [-0.3, -0.25) is 0 Å². The summed E-state index contributed by atoms with van der Waals surface area (Å²) >= 11 is 1.62. The van der Waals surface area contributed by atoms with E-state index in [4.69, 9.17) is 5.73 Å². The Bertz CT molecular complexity index is 492. The Kier molecular flexibility index (Phi) is 3.81.